The molecular weight excluding hydrogens is 330 g/mol. The van der Waals surface area contributed by atoms with Crippen LogP contribution < -0.4 is 10.1 Å². The van der Waals surface area contributed by atoms with Crippen molar-refractivity contribution < 1.29 is 9.47 Å². The Balaban J connectivity index is 1.52. The average molecular weight is 353 g/mol. The zero-order valence-electron chi connectivity index (χ0n) is 15.0. The van der Waals surface area contributed by atoms with Crippen molar-refractivity contribution in [2.75, 3.05) is 25.6 Å². The van der Waals surface area contributed by atoms with E-state index in [1.165, 1.54) is 0 Å². The molecule has 4 rings (SSSR count). The van der Waals surface area contributed by atoms with Crippen molar-refractivity contribution in [3.8, 4) is 5.75 Å². The van der Waals surface area contributed by atoms with Crippen LogP contribution in [0.1, 0.15) is 30.2 Å². The number of benzene rings is 1. The number of aromatic amines is 1. The van der Waals surface area contributed by atoms with E-state index >= 15 is 0 Å². The molecule has 3 heterocycles. The molecule has 2 N–H and O–H groups in total. The van der Waals surface area contributed by atoms with Crippen LogP contribution in [-0.2, 0) is 4.74 Å². The van der Waals surface area contributed by atoms with Crippen LogP contribution in [0.4, 0.5) is 5.82 Å². The van der Waals surface area contributed by atoms with E-state index in [2.05, 4.69) is 20.5 Å². The Hall–Kier alpha value is -2.67. The largest absolute Gasteiger partial charge is 0.497 e. The average Bonchev–Trinajstić information content (AvgIpc) is 3.20. The monoisotopic (exact) mass is 353 g/mol. The van der Waals surface area contributed by atoms with Crippen LogP contribution in [0, 0.1) is 12.8 Å². The molecule has 2 aromatic heterocycles. The highest BCUT2D eigenvalue weighted by atomic mass is 16.5. The highest BCUT2D eigenvalue weighted by Crippen LogP contribution is 2.33. The summed E-state index contributed by atoms with van der Waals surface area (Å²) < 4.78 is 11.3. The lowest BCUT2D eigenvalue weighted by Gasteiger charge is -2.31. The van der Waals surface area contributed by atoms with Crippen LogP contribution in [0.5, 0.6) is 5.75 Å². The van der Waals surface area contributed by atoms with Crippen molar-refractivity contribution in [1.29, 1.82) is 0 Å². The summed E-state index contributed by atoms with van der Waals surface area (Å²) in [5.74, 6) is 1.97. The number of fused-ring (bicyclic) bond motifs is 1. The molecule has 0 spiro atoms. The van der Waals surface area contributed by atoms with Gasteiger partial charge in [-0.15, -0.1) is 0 Å². The minimum Gasteiger partial charge on any atom is -0.497 e. The van der Waals surface area contributed by atoms with Crippen LogP contribution in [0.15, 0.2) is 30.6 Å². The highest BCUT2D eigenvalue weighted by Gasteiger charge is 2.28. The first-order valence-corrected chi connectivity index (χ1v) is 8.91. The van der Waals surface area contributed by atoms with Crippen LogP contribution in [-0.4, -0.2) is 40.4 Å². The fourth-order valence-electron chi connectivity index (χ4n) is 3.48. The maximum absolute atomic E-state index is 6.00. The Labute approximate surface area is 152 Å². The second kappa shape index (κ2) is 7.29. The Morgan fingerprint density at radius 1 is 1.31 bits per heavy atom. The summed E-state index contributed by atoms with van der Waals surface area (Å²) in [4.78, 5) is 9.40. The zero-order valence-corrected chi connectivity index (χ0v) is 15.0. The van der Waals surface area contributed by atoms with Gasteiger partial charge in [0.05, 0.1) is 36.1 Å². The van der Waals surface area contributed by atoms with Crippen LogP contribution in [0.2, 0.25) is 0 Å². The second-order valence-electron chi connectivity index (χ2n) is 6.62. The number of hydrogen-bond donors (Lipinski definition) is 2. The van der Waals surface area contributed by atoms with Gasteiger partial charge in [-0.2, -0.15) is 5.10 Å². The van der Waals surface area contributed by atoms with Crippen molar-refractivity contribution in [1.82, 2.24) is 20.2 Å². The van der Waals surface area contributed by atoms with Gasteiger partial charge in [-0.05, 0) is 31.9 Å². The molecule has 2 atom stereocenters. The molecule has 1 aromatic carbocycles. The molecule has 0 aliphatic carbocycles. The topological polar surface area (TPSA) is 85.0 Å². The standard InChI is InChI=1S/C19H23N5O2/c1-12-19(24-16-6-5-15(25-2)8-17(16)23-12)20-9-13-4-3-7-26-18(13)14-10-21-22-11-14/h5-6,8,10-11,13,18H,3-4,7,9H2,1-2H3,(H,20,24)(H,21,22)/t13-,18+/m0/s1. The normalized spacial score (nSPS) is 20.2. The second-order valence-corrected chi connectivity index (χ2v) is 6.62. The number of nitrogens with zero attached hydrogens (tertiary/aromatic N) is 3. The molecule has 1 aliphatic heterocycles. The third kappa shape index (κ3) is 3.35. The Morgan fingerprint density at radius 3 is 3.04 bits per heavy atom. The maximum atomic E-state index is 6.00. The Bertz CT molecular complexity index is 881. The predicted octanol–water partition coefficient (Wildman–Crippen LogP) is 3.25. The van der Waals surface area contributed by atoms with Gasteiger partial charge < -0.3 is 14.8 Å². The fourth-order valence-corrected chi connectivity index (χ4v) is 3.48. The van der Waals surface area contributed by atoms with E-state index in [-0.39, 0.29) is 6.10 Å². The first-order valence-electron chi connectivity index (χ1n) is 8.91. The van der Waals surface area contributed by atoms with Gasteiger partial charge in [-0.1, -0.05) is 0 Å². The molecule has 1 fully saturated rings. The number of H-pyrrole nitrogens is 1. The molecule has 0 amide bonds. The molecule has 26 heavy (non-hydrogen) atoms. The van der Waals surface area contributed by atoms with Crippen LogP contribution >= 0.6 is 0 Å². The van der Waals surface area contributed by atoms with Crippen molar-refractivity contribution in [2.45, 2.75) is 25.9 Å². The van der Waals surface area contributed by atoms with Gasteiger partial charge in [0.2, 0.25) is 0 Å². The lowest BCUT2D eigenvalue weighted by Crippen LogP contribution is -2.28. The van der Waals surface area contributed by atoms with E-state index < -0.39 is 0 Å². The zero-order chi connectivity index (χ0) is 17.9. The fraction of sp³-hybridized carbons (Fsp3) is 0.421. The van der Waals surface area contributed by atoms with E-state index in [0.717, 1.165) is 59.9 Å². The molecule has 0 saturated carbocycles. The molecule has 1 saturated heterocycles. The predicted molar refractivity (Wildman–Crippen MR) is 99.3 cm³/mol. The summed E-state index contributed by atoms with van der Waals surface area (Å²) >= 11 is 0. The molecule has 1 aliphatic rings. The molecule has 7 nitrogen and oxygen atoms in total. The summed E-state index contributed by atoms with van der Waals surface area (Å²) in [5.41, 5.74) is 3.67. The quantitative estimate of drug-likeness (QED) is 0.732. The number of methoxy groups -OCH3 is 1. The maximum Gasteiger partial charge on any atom is 0.148 e. The number of nitrogens with one attached hydrogen (secondary N) is 2. The molecule has 0 radical (unpaired) electrons. The van der Waals surface area contributed by atoms with Gasteiger partial charge in [-0.3, -0.25) is 5.10 Å². The molecular formula is C19H23N5O2. The Kier molecular flexibility index (Phi) is 4.71. The lowest BCUT2D eigenvalue weighted by molar-refractivity contribution is -0.0238. The molecule has 3 aromatic rings. The SMILES string of the molecule is COc1ccc2nc(NC[C@@H]3CCCO[C@H]3c3cn[nH]c3)c(C)nc2c1. The third-order valence-electron chi connectivity index (χ3n) is 4.87. The third-order valence-corrected chi connectivity index (χ3v) is 4.87. The number of anilines is 1. The smallest absolute Gasteiger partial charge is 0.148 e. The number of ether oxygens (including phenoxy) is 2. The molecule has 0 unspecified atom stereocenters. The number of hydrogen-bond acceptors (Lipinski definition) is 6. The van der Waals surface area contributed by atoms with E-state index in [1.54, 1.807) is 7.11 Å². The summed E-state index contributed by atoms with van der Waals surface area (Å²) in [6, 6.07) is 5.74. The van der Waals surface area contributed by atoms with E-state index in [0.29, 0.717) is 5.92 Å². The minimum absolute atomic E-state index is 0.0629. The van der Waals surface area contributed by atoms with Gasteiger partial charge in [-0.25, -0.2) is 9.97 Å². The molecule has 0 bridgehead atoms. The lowest BCUT2D eigenvalue weighted by atomic mass is 9.91. The van der Waals surface area contributed by atoms with Gasteiger partial charge in [0.1, 0.15) is 11.6 Å². The van der Waals surface area contributed by atoms with Crippen molar-refractivity contribution in [2.24, 2.45) is 5.92 Å². The number of aromatic nitrogens is 4. The highest BCUT2D eigenvalue weighted by molar-refractivity contribution is 5.78. The number of aryl methyl sites for hydroxylation is 1. The van der Waals surface area contributed by atoms with Gasteiger partial charge in [0.15, 0.2) is 0 Å². The summed E-state index contributed by atoms with van der Waals surface area (Å²) in [6.45, 7) is 3.55. The van der Waals surface area contributed by atoms with E-state index in [9.17, 15) is 0 Å². The summed E-state index contributed by atoms with van der Waals surface area (Å²) in [5, 5.41) is 10.4. The van der Waals surface area contributed by atoms with Crippen molar-refractivity contribution >= 4 is 16.9 Å². The summed E-state index contributed by atoms with van der Waals surface area (Å²) in [7, 11) is 1.65. The van der Waals surface area contributed by atoms with Gasteiger partial charge in [0, 0.05) is 36.9 Å². The van der Waals surface area contributed by atoms with Crippen molar-refractivity contribution in [3.63, 3.8) is 0 Å². The molecule has 7 heteroatoms. The van der Waals surface area contributed by atoms with Crippen molar-refractivity contribution in [3.05, 3.63) is 41.9 Å². The van der Waals surface area contributed by atoms with Crippen LogP contribution in [0.25, 0.3) is 11.0 Å². The van der Waals surface area contributed by atoms with E-state index in [4.69, 9.17) is 14.5 Å². The van der Waals surface area contributed by atoms with E-state index in [1.807, 2.05) is 37.5 Å². The Morgan fingerprint density at radius 2 is 2.23 bits per heavy atom. The molecule has 136 valence electrons. The van der Waals surface area contributed by atoms with Crippen LogP contribution in [0.3, 0.4) is 0 Å². The first kappa shape index (κ1) is 16.8. The van der Waals surface area contributed by atoms with Gasteiger partial charge in [0.25, 0.3) is 0 Å². The first-order chi connectivity index (χ1) is 12.7. The minimum atomic E-state index is 0.0629. The number of rotatable bonds is 5. The summed E-state index contributed by atoms with van der Waals surface area (Å²) in [6.07, 6.45) is 6.01. The van der Waals surface area contributed by atoms with Gasteiger partial charge >= 0.3 is 0 Å².